The van der Waals surface area contributed by atoms with E-state index in [9.17, 15) is 9.18 Å². The number of carbonyl (C=O) groups excluding carboxylic acids is 1. The maximum absolute atomic E-state index is 13.4. The summed E-state index contributed by atoms with van der Waals surface area (Å²) in [5, 5.41) is 5.90. The van der Waals surface area contributed by atoms with Gasteiger partial charge in [-0.15, -0.1) is 6.58 Å². The molecule has 4 nitrogen and oxygen atoms in total. The smallest absolute Gasteiger partial charge is 0.258 e. The normalized spacial score (nSPS) is 11.8. The molecule has 1 unspecified atom stereocenters. The van der Waals surface area contributed by atoms with E-state index in [0.29, 0.717) is 17.9 Å². The number of ether oxygens (including phenoxy) is 1. The van der Waals surface area contributed by atoms with Crippen molar-refractivity contribution in [2.24, 2.45) is 0 Å². The molecule has 1 atom stereocenters. The summed E-state index contributed by atoms with van der Waals surface area (Å²) in [6.45, 7) is 8.64. The Bertz CT molecular complexity index is 477. The first kappa shape index (κ1) is 17.2. The summed E-state index contributed by atoms with van der Waals surface area (Å²) in [5.74, 6) is -0.0424. The van der Waals surface area contributed by atoms with E-state index in [2.05, 4.69) is 24.1 Å². The van der Waals surface area contributed by atoms with Crippen molar-refractivity contribution in [1.82, 2.24) is 10.6 Å². The summed E-state index contributed by atoms with van der Waals surface area (Å²) in [7, 11) is 0. The zero-order valence-corrected chi connectivity index (χ0v) is 12.6. The molecule has 0 heterocycles. The number of benzene rings is 1. The van der Waals surface area contributed by atoms with Crippen LogP contribution in [-0.2, 0) is 4.79 Å². The van der Waals surface area contributed by atoms with Gasteiger partial charge in [-0.25, -0.2) is 4.39 Å². The third-order valence-electron chi connectivity index (χ3n) is 2.94. The predicted octanol–water partition coefficient (Wildman–Crippen LogP) is 2.57. The van der Waals surface area contributed by atoms with E-state index in [1.165, 1.54) is 12.1 Å². The molecule has 1 rings (SSSR count). The molecule has 0 fully saturated rings. The van der Waals surface area contributed by atoms with Gasteiger partial charge in [0.1, 0.15) is 11.6 Å². The van der Waals surface area contributed by atoms with Crippen LogP contribution in [0.1, 0.15) is 31.9 Å². The van der Waals surface area contributed by atoms with Crippen LogP contribution in [0.2, 0.25) is 0 Å². The van der Waals surface area contributed by atoms with Crippen LogP contribution in [0.4, 0.5) is 4.39 Å². The number of hydrogen-bond donors (Lipinski definition) is 2. The van der Waals surface area contributed by atoms with E-state index in [1.807, 2.05) is 6.92 Å². The molecule has 0 aliphatic heterocycles. The molecule has 21 heavy (non-hydrogen) atoms. The van der Waals surface area contributed by atoms with Crippen molar-refractivity contribution >= 4 is 5.91 Å². The lowest BCUT2D eigenvalue weighted by molar-refractivity contribution is -0.122. The zero-order valence-electron chi connectivity index (χ0n) is 12.6. The summed E-state index contributed by atoms with van der Waals surface area (Å²) >= 11 is 0. The highest BCUT2D eigenvalue weighted by molar-refractivity contribution is 5.77. The summed E-state index contributed by atoms with van der Waals surface area (Å²) in [6.07, 6.45) is 2.58. The number of rotatable bonds is 9. The first-order chi connectivity index (χ1) is 10.1. The van der Waals surface area contributed by atoms with E-state index in [-0.39, 0.29) is 24.4 Å². The monoisotopic (exact) mass is 294 g/mol. The largest absolute Gasteiger partial charge is 0.483 e. The van der Waals surface area contributed by atoms with Crippen molar-refractivity contribution in [2.45, 2.75) is 26.3 Å². The Balaban J connectivity index is 2.72. The minimum absolute atomic E-state index is 0.0492. The Morgan fingerprint density at radius 2 is 2.29 bits per heavy atom. The Kier molecular flexibility index (Phi) is 7.46. The maximum Gasteiger partial charge on any atom is 0.258 e. The minimum atomic E-state index is -0.321. The third kappa shape index (κ3) is 5.95. The molecule has 0 radical (unpaired) electrons. The molecule has 1 aromatic rings. The van der Waals surface area contributed by atoms with Crippen LogP contribution in [0, 0.1) is 5.82 Å². The molecule has 0 saturated heterocycles. The van der Waals surface area contributed by atoms with Gasteiger partial charge in [0.25, 0.3) is 5.91 Å². The minimum Gasteiger partial charge on any atom is -0.483 e. The van der Waals surface area contributed by atoms with Gasteiger partial charge in [-0.1, -0.05) is 13.0 Å². The second-order valence-corrected chi connectivity index (χ2v) is 4.74. The van der Waals surface area contributed by atoms with Gasteiger partial charge >= 0.3 is 0 Å². The number of halogens is 1. The zero-order chi connectivity index (χ0) is 15.7. The summed E-state index contributed by atoms with van der Waals surface area (Å²) in [4.78, 5) is 11.5. The van der Waals surface area contributed by atoms with Crippen LogP contribution < -0.4 is 15.4 Å². The summed E-state index contributed by atoms with van der Waals surface area (Å²) < 4.78 is 18.9. The van der Waals surface area contributed by atoms with Crippen molar-refractivity contribution in [3.8, 4) is 5.75 Å². The first-order valence-corrected chi connectivity index (χ1v) is 7.11. The van der Waals surface area contributed by atoms with Crippen LogP contribution in [0.5, 0.6) is 5.75 Å². The van der Waals surface area contributed by atoms with Crippen LogP contribution in [0.3, 0.4) is 0 Å². The summed E-state index contributed by atoms with van der Waals surface area (Å²) in [5.41, 5.74) is 0.708. The molecule has 2 N–H and O–H groups in total. The van der Waals surface area contributed by atoms with Gasteiger partial charge in [0.2, 0.25) is 0 Å². The second kappa shape index (κ2) is 9.13. The van der Waals surface area contributed by atoms with Crippen LogP contribution in [0.25, 0.3) is 0 Å². The Morgan fingerprint density at radius 1 is 1.52 bits per heavy atom. The van der Waals surface area contributed by atoms with Crippen molar-refractivity contribution in [2.75, 3.05) is 19.7 Å². The van der Waals surface area contributed by atoms with Crippen molar-refractivity contribution in [3.63, 3.8) is 0 Å². The van der Waals surface area contributed by atoms with Crippen molar-refractivity contribution < 1.29 is 13.9 Å². The number of hydrogen-bond acceptors (Lipinski definition) is 3. The number of nitrogens with one attached hydrogen (secondary N) is 2. The van der Waals surface area contributed by atoms with E-state index in [1.54, 1.807) is 12.1 Å². The molecule has 0 aliphatic rings. The molecule has 1 amide bonds. The Hall–Kier alpha value is -1.88. The van der Waals surface area contributed by atoms with Gasteiger partial charge in [0.05, 0.1) is 0 Å². The highest BCUT2D eigenvalue weighted by Crippen LogP contribution is 2.26. The average Bonchev–Trinajstić information content (AvgIpc) is 2.49. The molecule has 1 aromatic carbocycles. The van der Waals surface area contributed by atoms with Crippen LogP contribution in [-0.4, -0.2) is 25.6 Å². The lowest BCUT2D eigenvalue weighted by Crippen LogP contribution is -2.29. The van der Waals surface area contributed by atoms with Crippen molar-refractivity contribution in [1.29, 1.82) is 0 Å². The number of carbonyl (C=O) groups is 1. The van der Waals surface area contributed by atoms with Gasteiger partial charge in [0, 0.05) is 18.2 Å². The molecule has 0 bridgehead atoms. The fourth-order valence-electron chi connectivity index (χ4n) is 1.84. The van der Waals surface area contributed by atoms with Gasteiger partial charge < -0.3 is 15.4 Å². The van der Waals surface area contributed by atoms with E-state index in [0.717, 1.165) is 13.0 Å². The fraction of sp³-hybridized carbons (Fsp3) is 0.438. The highest BCUT2D eigenvalue weighted by Gasteiger charge is 2.13. The number of amides is 1. The van der Waals surface area contributed by atoms with Crippen LogP contribution >= 0.6 is 0 Å². The Labute approximate surface area is 125 Å². The maximum atomic E-state index is 13.4. The third-order valence-corrected chi connectivity index (χ3v) is 2.94. The van der Waals surface area contributed by atoms with Gasteiger partial charge in [0.15, 0.2) is 6.61 Å². The second-order valence-electron chi connectivity index (χ2n) is 4.74. The molecule has 0 spiro atoms. The molecule has 0 saturated carbocycles. The van der Waals surface area contributed by atoms with Gasteiger partial charge in [-0.05, 0) is 38.1 Å². The SMILES string of the molecule is C=CCNC(=O)COc1ccc(F)cc1C(C)NCCC. The van der Waals surface area contributed by atoms with Crippen molar-refractivity contribution in [3.05, 3.63) is 42.2 Å². The average molecular weight is 294 g/mol. The first-order valence-electron chi connectivity index (χ1n) is 7.11. The van der Waals surface area contributed by atoms with Gasteiger partial charge in [-0.3, -0.25) is 4.79 Å². The lowest BCUT2D eigenvalue weighted by atomic mass is 10.1. The van der Waals surface area contributed by atoms with E-state index in [4.69, 9.17) is 4.74 Å². The molecular formula is C16H23FN2O2. The standard InChI is InChI=1S/C16H23FN2O2/c1-4-8-18-12(3)14-10-13(17)6-7-15(14)21-11-16(20)19-9-5-2/h5-7,10,12,18H,2,4,8-9,11H2,1,3H3,(H,19,20). The molecule has 0 aliphatic carbocycles. The molecule has 116 valence electrons. The summed E-state index contributed by atoms with van der Waals surface area (Å²) in [6, 6.07) is 4.26. The van der Waals surface area contributed by atoms with E-state index < -0.39 is 0 Å². The lowest BCUT2D eigenvalue weighted by Gasteiger charge is -2.18. The highest BCUT2D eigenvalue weighted by atomic mass is 19.1. The Morgan fingerprint density at radius 3 is 2.95 bits per heavy atom. The predicted molar refractivity (Wildman–Crippen MR) is 81.8 cm³/mol. The molecular weight excluding hydrogens is 271 g/mol. The fourth-order valence-corrected chi connectivity index (χ4v) is 1.84. The quantitative estimate of drug-likeness (QED) is 0.688. The van der Waals surface area contributed by atoms with E-state index >= 15 is 0 Å². The molecule has 5 heteroatoms. The van der Waals surface area contributed by atoms with Crippen LogP contribution in [0.15, 0.2) is 30.9 Å². The van der Waals surface area contributed by atoms with Gasteiger partial charge in [-0.2, -0.15) is 0 Å². The molecule has 0 aromatic heterocycles. The topological polar surface area (TPSA) is 50.4 Å².